The highest BCUT2D eigenvalue weighted by atomic mass is 79.9. The Bertz CT molecular complexity index is 693. The van der Waals surface area contributed by atoms with Crippen molar-refractivity contribution in [3.63, 3.8) is 0 Å². The quantitative estimate of drug-likeness (QED) is 0.860. The van der Waals surface area contributed by atoms with Crippen molar-refractivity contribution < 1.29 is 9.94 Å². The maximum Gasteiger partial charge on any atom is 0.0959 e. The summed E-state index contributed by atoms with van der Waals surface area (Å²) in [4.78, 5) is 6.34. The first-order valence-electron chi connectivity index (χ1n) is 8.12. The zero-order valence-corrected chi connectivity index (χ0v) is 14.4. The lowest BCUT2D eigenvalue weighted by molar-refractivity contribution is 0.0280. The van der Waals surface area contributed by atoms with Crippen LogP contribution in [-0.2, 0) is 4.84 Å². The van der Waals surface area contributed by atoms with E-state index in [1.165, 1.54) is 5.56 Å². The van der Waals surface area contributed by atoms with Gasteiger partial charge >= 0.3 is 0 Å². The van der Waals surface area contributed by atoms with Gasteiger partial charge in [-0.15, -0.1) is 0 Å². The zero-order chi connectivity index (χ0) is 15.9. The predicted octanol–water partition coefficient (Wildman–Crippen LogP) is 4.47. The fourth-order valence-electron chi connectivity index (χ4n) is 4.15. The van der Waals surface area contributed by atoms with E-state index < -0.39 is 0 Å². The Morgan fingerprint density at radius 1 is 1.13 bits per heavy atom. The van der Waals surface area contributed by atoms with Crippen LogP contribution in [0.4, 0.5) is 5.69 Å². The second kappa shape index (κ2) is 5.93. The second-order valence-electron chi connectivity index (χ2n) is 6.46. The molecule has 1 aliphatic heterocycles. The first-order valence-corrected chi connectivity index (χ1v) is 8.92. The highest BCUT2D eigenvalue weighted by molar-refractivity contribution is 9.10. The van der Waals surface area contributed by atoms with Crippen molar-refractivity contribution in [3.05, 3.63) is 64.6 Å². The van der Waals surface area contributed by atoms with E-state index in [0.29, 0.717) is 0 Å². The van der Waals surface area contributed by atoms with Gasteiger partial charge in [0, 0.05) is 9.89 Å². The summed E-state index contributed by atoms with van der Waals surface area (Å²) in [6.07, 6.45) is 3.17. The van der Waals surface area contributed by atoms with Gasteiger partial charge in [0.05, 0.1) is 24.4 Å². The van der Waals surface area contributed by atoms with Crippen LogP contribution in [0.2, 0.25) is 0 Å². The molecule has 120 valence electrons. The summed E-state index contributed by atoms with van der Waals surface area (Å²) in [6.45, 7) is 0.146. The molecule has 0 amide bonds. The van der Waals surface area contributed by atoms with Crippen LogP contribution in [0.15, 0.2) is 59.1 Å². The zero-order valence-electron chi connectivity index (χ0n) is 12.9. The monoisotopic (exact) mass is 373 g/mol. The molecule has 2 aliphatic rings. The fraction of sp³-hybridized carbons (Fsp3) is 0.368. The predicted molar refractivity (Wildman–Crippen MR) is 94.0 cm³/mol. The Kier molecular flexibility index (Phi) is 3.92. The van der Waals surface area contributed by atoms with E-state index in [-0.39, 0.29) is 24.2 Å². The minimum atomic E-state index is -0.236. The van der Waals surface area contributed by atoms with Gasteiger partial charge in [-0.2, -0.15) is 0 Å². The van der Waals surface area contributed by atoms with Crippen molar-refractivity contribution >= 4 is 21.6 Å². The summed E-state index contributed by atoms with van der Waals surface area (Å²) in [5.41, 5.74) is 1.98. The maximum atomic E-state index is 10.3. The van der Waals surface area contributed by atoms with Crippen molar-refractivity contribution in [2.45, 2.75) is 31.4 Å². The second-order valence-corrected chi connectivity index (χ2v) is 7.32. The summed E-state index contributed by atoms with van der Waals surface area (Å²) < 4.78 is 1.06. The van der Waals surface area contributed by atoms with Crippen LogP contribution in [0.1, 0.15) is 30.9 Å². The van der Waals surface area contributed by atoms with Gasteiger partial charge in [0.1, 0.15) is 0 Å². The van der Waals surface area contributed by atoms with Crippen molar-refractivity contribution in [1.82, 2.24) is 0 Å². The normalized spacial score (nSPS) is 29.7. The minimum Gasteiger partial charge on any atom is -0.396 e. The largest absolute Gasteiger partial charge is 0.396 e. The van der Waals surface area contributed by atoms with E-state index in [1.807, 2.05) is 29.3 Å². The van der Waals surface area contributed by atoms with Crippen molar-refractivity contribution in [1.29, 1.82) is 0 Å². The van der Waals surface area contributed by atoms with E-state index in [2.05, 4.69) is 46.3 Å². The molecule has 1 heterocycles. The van der Waals surface area contributed by atoms with Crippen LogP contribution in [0.3, 0.4) is 0 Å². The molecular weight excluding hydrogens is 354 g/mol. The Balaban J connectivity index is 1.86. The van der Waals surface area contributed by atoms with Crippen molar-refractivity contribution in [3.8, 4) is 0 Å². The number of fused-ring (bicyclic) bond motifs is 1. The van der Waals surface area contributed by atoms with Crippen LogP contribution in [0.25, 0.3) is 0 Å². The number of aliphatic hydroxyl groups excluding tert-OH is 1. The molecule has 0 unspecified atom stereocenters. The van der Waals surface area contributed by atoms with Gasteiger partial charge in [-0.3, -0.25) is 4.84 Å². The molecule has 1 N–H and O–H groups in total. The van der Waals surface area contributed by atoms with Gasteiger partial charge in [-0.1, -0.05) is 52.3 Å². The molecule has 0 spiro atoms. The Labute approximate surface area is 145 Å². The smallest absolute Gasteiger partial charge is 0.0959 e. The third-order valence-corrected chi connectivity index (χ3v) is 6.00. The number of anilines is 1. The van der Waals surface area contributed by atoms with E-state index in [0.717, 1.165) is 29.4 Å². The van der Waals surface area contributed by atoms with E-state index >= 15 is 0 Å². The number of rotatable bonds is 3. The number of hydroxylamine groups is 1. The topological polar surface area (TPSA) is 32.7 Å². The molecule has 1 saturated carbocycles. The molecular formula is C19H20BrNO2. The maximum absolute atomic E-state index is 10.3. The minimum absolute atomic E-state index is 0.0120. The third-order valence-electron chi connectivity index (χ3n) is 5.27. The molecule has 1 saturated heterocycles. The lowest BCUT2D eigenvalue weighted by Gasteiger charge is -2.35. The molecule has 2 aromatic carbocycles. The third kappa shape index (κ3) is 2.32. The van der Waals surface area contributed by atoms with Crippen molar-refractivity contribution in [2.24, 2.45) is 5.41 Å². The summed E-state index contributed by atoms with van der Waals surface area (Å²) in [7, 11) is 0. The Morgan fingerprint density at radius 2 is 1.87 bits per heavy atom. The summed E-state index contributed by atoms with van der Waals surface area (Å²) in [5.74, 6) is 0. The van der Waals surface area contributed by atoms with Crippen LogP contribution in [-0.4, -0.2) is 17.8 Å². The molecule has 23 heavy (non-hydrogen) atoms. The molecule has 2 aromatic rings. The number of para-hydroxylation sites is 1. The van der Waals surface area contributed by atoms with Crippen LogP contribution < -0.4 is 5.06 Å². The lowest BCUT2D eigenvalue weighted by atomic mass is 9.75. The van der Waals surface area contributed by atoms with E-state index in [9.17, 15) is 5.11 Å². The fourth-order valence-corrected chi connectivity index (χ4v) is 4.65. The van der Waals surface area contributed by atoms with Gasteiger partial charge < -0.3 is 5.11 Å². The number of halogens is 1. The number of hydrogen-bond donors (Lipinski definition) is 1. The first kappa shape index (κ1) is 15.2. The molecule has 4 rings (SSSR count). The highest BCUT2D eigenvalue weighted by Crippen LogP contribution is 2.58. The summed E-state index contributed by atoms with van der Waals surface area (Å²) >= 11 is 3.69. The Morgan fingerprint density at radius 3 is 2.61 bits per heavy atom. The standard InChI is InChI=1S/C19H20BrNO2/c20-16-10-5-4-9-15(16)18-19(13-22)12-6-11-17(19)23-21(18)14-7-2-1-3-8-14/h1-5,7-10,17-18,22H,6,11-13H2/t17-,18+,19-/m0/s1. The number of aliphatic hydroxyl groups is 1. The van der Waals surface area contributed by atoms with Gasteiger partial charge in [0.25, 0.3) is 0 Å². The molecule has 0 bridgehead atoms. The number of benzene rings is 2. The average Bonchev–Trinajstić information content (AvgIpc) is 3.13. The average molecular weight is 374 g/mol. The summed E-state index contributed by atoms with van der Waals surface area (Å²) in [6, 6.07) is 18.5. The van der Waals surface area contributed by atoms with Crippen LogP contribution >= 0.6 is 15.9 Å². The number of nitrogens with zero attached hydrogens (tertiary/aromatic N) is 1. The molecule has 1 aliphatic carbocycles. The number of hydrogen-bond acceptors (Lipinski definition) is 3. The van der Waals surface area contributed by atoms with Crippen molar-refractivity contribution in [2.75, 3.05) is 11.7 Å². The van der Waals surface area contributed by atoms with Crippen LogP contribution in [0.5, 0.6) is 0 Å². The molecule has 0 aromatic heterocycles. The SMILES string of the molecule is OC[C@@]12CCC[C@@H]1ON(c1ccccc1)[C@@H]2c1ccccc1Br. The van der Waals surface area contributed by atoms with Gasteiger partial charge in [-0.05, 0) is 43.0 Å². The van der Waals surface area contributed by atoms with Gasteiger partial charge in [0.15, 0.2) is 0 Å². The van der Waals surface area contributed by atoms with Gasteiger partial charge in [0.2, 0.25) is 0 Å². The molecule has 3 atom stereocenters. The Hall–Kier alpha value is -1.36. The van der Waals surface area contributed by atoms with E-state index in [4.69, 9.17) is 4.84 Å². The highest BCUT2D eigenvalue weighted by Gasteiger charge is 2.58. The molecule has 2 fully saturated rings. The van der Waals surface area contributed by atoms with E-state index in [1.54, 1.807) is 0 Å². The molecule has 4 heteroatoms. The lowest BCUT2D eigenvalue weighted by Crippen LogP contribution is -2.37. The molecule has 3 nitrogen and oxygen atoms in total. The van der Waals surface area contributed by atoms with Crippen LogP contribution in [0, 0.1) is 5.41 Å². The molecule has 0 radical (unpaired) electrons. The first-order chi connectivity index (χ1) is 11.3. The van der Waals surface area contributed by atoms with Gasteiger partial charge in [-0.25, -0.2) is 5.06 Å². The summed E-state index contributed by atoms with van der Waals surface area (Å²) in [5, 5.41) is 12.3.